The molecule has 0 radical (unpaired) electrons. The Bertz CT molecular complexity index is 594. The molecule has 2 aromatic carbocycles. The predicted octanol–water partition coefficient (Wildman–Crippen LogP) is 4.61. The monoisotopic (exact) mass is 413 g/mol. The van der Waals surface area contributed by atoms with Gasteiger partial charge in [-0.2, -0.15) is 0 Å². The number of rotatable bonds is 6. The maximum atomic E-state index is 9.72. The maximum absolute atomic E-state index is 9.72. The van der Waals surface area contributed by atoms with Crippen molar-refractivity contribution in [2.24, 2.45) is 0 Å². The van der Waals surface area contributed by atoms with E-state index in [1.807, 2.05) is 37.3 Å². The van der Waals surface area contributed by atoms with Crippen molar-refractivity contribution < 1.29 is 9.84 Å². The fourth-order valence-electron chi connectivity index (χ4n) is 2.00. The van der Waals surface area contributed by atoms with Gasteiger partial charge in [0.2, 0.25) is 0 Å². The Balaban J connectivity index is 1.99. The highest BCUT2D eigenvalue weighted by Gasteiger charge is 2.08. The predicted molar refractivity (Wildman–Crippen MR) is 91.7 cm³/mol. The van der Waals surface area contributed by atoms with Crippen LogP contribution in [0.25, 0.3) is 0 Å². The van der Waals surface area contributed by atoms with Crippen molar-refractivity contribution >= 4 is 31.9 Å². The van der Waals surface area contributed by atoms with Crippen LogP contribution in [0.1, 0.15) is 18.1 Å². The molecular formula is C16H17Br2NO2. The van der Waals surface area contributed by atoms with Gasteiger partial charge in [-0.3, -0.25) is 0 Å². The maximum Gasteiger partial charge on any atom is 0.147 e. The summed E-state index contributed by atoms with van der Waals surface area (Å²) in [6, 6.07) is 11.4. The number of ether oxygens (including phenoxy) is 1. The lowest BCUT2D eigenvalue weighted by Gasteiger charge is -2.12. The molecule has 112 valence electrons. The number of hydrogen-bond donors (Lipinski definition) is 2. The average Bonchev–Trinajstić information content (AvgIpc) is 2.45. The minimum atomic E-state index is 0.319. The largest absolute Gasteiger partial charge is 0.508 e. The van der Waals surface area contributed by atoms with E-state index in [0.29, 0.717) is 25.4 Å². The summed E-state index contributed by atoms with van der Waals surface area (Å²) in [5.74, 6) is 1.14. The van der Waals surface area contributed by atoms with E-state index in [1.54, 1.807) is 6.07 Å². The highest BCUT2D eigenvalue weighted by Crippen LogP contribution is 2.34. The standard InChI is InChI=1S/C16H17Br2NO2/c1-2-21-16-13(17)7-11(8-14(16)18)9-19-10-12-5-3-4-6-15(12)20/h3-8,19-20H,2,9-10H2,1H3. The van der Waals surface area contributed by atoms with Gasteiger partial charge in [-0.05, 0) is 62.5 Å². The van der Waals surface area contributed by atoms with E-state index in [1.165, 1.54) is 0 Å². The van der Waals surface area contributed by atoms with E-state index < -0.39 is 0 Å². The van der Waals surface area contributed by atoms with Crippen LogP contribution in [0.5, 0.6) is 11.5 Å². The third-order valence-corrected chi connectivity index (χ3v) is 4.16. The molecule has 0 heterocycles. The van der Waals surface area contributed by atoms with E-state index in [-0.39, 0.29) is 0 Å². The van der Waals surface area contributed by atoms with Crippen LogP contribution in [-0.2, 0) is 13.1 Å². The Morgan fingerprint density at radius 3 is 2.38 bits per heavy atom. The second-order valence-electron chi connectivity index (χ2n) is 4.55. The minimum Gasteiger partial charge on any atom is -0.508 e. The number of aromatic hydroxyl groups is 1. The molecule has 0 aliphatic rings. The van der Waals surface area contributed by atoms with Crippen LogP contribution in [0.4, 0.5) is 0 Å². The normalized spacial score (nSPS) is 10.6. The summed E-state index contributed by atoms with van der Waals surface area (Å²) in [6.07, 6.45) is 0. The second kappa shape index (κ2) is 7.82. The summed E-state index contributed by atoms with van der Waals surface area (Å²) in [4.78, 5) is 0. The molecule has 0 atom stereocenters. The first-order chi connectivity index (χ1) is 10.1. The zero-order valence-electron chi connectivity index (χ0n) is 11.7. The fraction of sp³-hybridized carbons (Fsp3) is 0.250. The van der Waals surface area contributed by atoms with Crippen molar-refractivity contribution in [3.63, 3.8) is 0 Å². The van der Waals surface area contributed by atoms with E-state index >= 15 is 0 Å². The van der Waals surface area contributed by atoms with Crippen molar-refractivity contribution in [3.8, 4) is 11.5 Å². The third kappa shape index (κ3) is 4.46. The van der Waals surface area contributed by atoms with Gasteiger partial charge in [0, 0.05) is 18.7 Å². The van der Waals surface area contributed by atoms with E-state index in [2.05, 4.69) is 37.2 Å². The molecule has 0 saturated carbocycles. The molecule has 0 unspecified atom stereocenters. The molecule has 0 aliphatic heterocycles. The molecular weight excluding hydrogens is 398 g/mol. The minimum absolute atomic E-state index is 0.319. The van der Waals surface area contributed by atoms with Crippen LogP contribution in [0.2, 0.25) is 0 Å². The molecule has 5 heteroatoms. The van der Waals surface area contributed by atoms with Crippen molar-refractivity contribution in [3.05, 3.63) is 56.5 Å². The van der Waals surface area contributed by atoms with Crippen LogP contribution in [-0.4, -0.2) is 11.7 Å². The van der Waals surface area contributed by atoms with Crippen LogP contribution in [0.3, 0.4) is 0 Å². The first-order valence-corrected chi connectivity index (χ1v) is 8.28. The number of benzene rings is 2. The molecule has 2 aromatic rings. The van der Waals surface area contributed by atoms with E-state index in [0.717, 1.165) is 25.8 Å². The van der Waals surface area contributed by atoms with Gasteiger partial charge in [0.15, 0.2) is 0 Å². The third-order valence-electron chi connectivity index (χ3n) is 2.98. The van der Waals surface area contributed by atoms with Crippen molar-refractivity contribution in [1.82, 2.24) is 5.32 Å². The summed E-state index contributed by atoms with van der Waals surface area (Å²) in [7, 11) is 0. The molecule has 0 saturated heterocycles. The zero-order valence-corrected chi connectivity index (χ0v) is 14.9. The first kappa shape index (κ1) is 16.3. The highest BCUT2D eigenvalue weighted by atomic mass is 79.9. The topological polar surface area (TPSA) is 41.5 Å². The molecule has 0 bridgehead atoms. The molecule has 21 heavy (non-hydrogen) atoms. The molecule has 0 spiro atoms. The Morgan fingerprint density at radius 2 is 1.76 bits per heavy atom. The van der Waals surface area contributed by atoms with Crippen molar-refractivity contribution in [2.45, 2.75) is 20.0 Å². The number of phenols is 1. The summed E-state index contributed by atoms with van der Waals surface area (Å²) >= 11 is 7.05. The van der Waals surface area contributed by atoms with Gasteiger partial charge in [0.25, 0.3) is 0 Å². The number of para-hydroxylation sites is 1. The summed E-state index contributed by atoms with van der Waals surface area (Å²) in [6.45, 7) is 3.91. The number of phenolic OH excluding ortho intramolecular Hbond substituents is 1. The first-order valence-electron chi connectivity index (χ1n) is 6.70. The van der Waals surface area contributed by atoms with Crippen LogP contribution >= 0.6 is 31.9 Å². The SMILES string of the molecule is CCOc1c(Br)cc(CNCc2ccccc2O)cc1Br. The van der Waals surface area contributed by atoms with Crippen molar-refractivity contribution in [1.29, 1.82) is 0 Å². The number of nitrogens with one attached hydrogen (secondary N) is 1. The Hall–Kier alpha value is -1.04. The smallest absolute Gasteiger partial charge is 0.147 e. The lowest BCUT2D eigenvalue weighted by molar-refractivity contribution is 0.336. The number of hydrogen-bond acceptors (Lipinski definition) is 3. The molecule has 3 nitrogen and oxygen atoms in total. The van der Waals surface area contributed by atoms with Gasteiger partial charge in [0.1, 0.15) is 11.5 Å². The van der Waals surface area contributed by atoms with Gasteiger partial charge >= 0.3 is 0 Å². The Kier molecular flexibility index (Phi) is 6.08. The molecule has 2 N–H and O–H groups in total. The average molecular weight is 415 g/mol. The Labute approximate surface area is 141 Å². The zero-order chi connectivity index (χ0) is 15.2. The summed E-state index contributed by atoms with van der Waals surface area (Å²) in [5, 5.41) is 13.0. The molecule has 0 aromatic heterocycles. The van der Waals surface area contributed by atoms with Gasteiger partial charge in [0.05, 0.1) is 15.6 Å². The summed E-state index contributed by atoms with van der Waals surface area (Å²) < 4.78 is 7.42. The highest BCUT2D eigenvalue weighted by molar-refractivity contribution is 9.11. The molecule has 0 aliphatic carbocycles. The van der Waals surface area contributed by atoms with Gasteiger partial charge in [-0.15, -0.1) is 0 Å². The van der Waals surface area contributed by atoms with Gasteiger partial charge < -0.3 is 15.2 Å². The van der Waals surface area contributed by atoms with E-state index in [4.69, 9.17) is 4.74 Å². The van der Waals surface area contributed by atoms with Gasteiger partial charge in [-0.1, -0.05) is 18.2 Å². The second-order valence-corrected chi connectivity index (χ2v) is 6.26. The molecule has 0 fully saturated rings. The van der Waals surface area contributed by atoms with E-state index in [9.17, 15) is 5.11 Å². The molecule has 2 rings (SSSR count). The Morgan fingerprint density at radius 1 is 1.10 bits per heavy atom. The lowest BCUT2D eigenvalue weighted by Crippen LogP contribution is -2.13. The van der Waals surface area contributed by atoms with Crippen LogP contribution in [0.15, 0.2) is 45.3 Å². The number of halogens is 2. The van der Waals surface area contributed by atoms with Crippen LogP contribution in [0, 0.1) is 0 Å². The quantitative estimate of drug-likeness (QED) is 0.725. The van der Waals surface area contributed by atoms with Crippen molar-refractivity contribution in [2.75, 3.05) is 6.61 Å². The lowest BCUT2D eigenvalue weighted by atomic mass is 10.2. The van der Waals surface area contributed by atoms with Crippen LogP contribution < -0.4 is 10.1 Å². The molecule has 0 amide bonds. The summed E-state index contributed by atoms with van der Waals surface area (Å²) in [5.41, 5.74) is 2.02. The van der Waals surface area contributed by atoms with Gasteiger partial charge in [-0.25, -0.2) is 0 Å². The fourth-order valence-corrected chi connectivity index (χ4v) is 3.51.